The van der Waals surface area contributed by atoms with Crippen molar-refractivity contribution in [3.8, 4) is 11.1 Å². The van der Waals surface area contributed by atoms with Gasteiger partial charge in [0, 0.05) is 63.3 Å². The zero-order valence-corrected chi connectivity index (χ0v) is 21.3. The van der Waals surface area contributed by atoms with E-state index in [4.69, 9.17) is 0 Å². The number of H-pyrrole nitrogens is 1. The van der Waals surface area contributed by atoms with Gasteiger partial charge in [-0.25, -0.2) is 4.98 Å². The molecule has 35 heavy (non-hydrogen) atoms. The van der Waals surface area contributed by atoms with Gasteiger partial charge in [-0.05, 0) is 61.8 Å². The molecular weight excluding hydrogens is 440 g/mol. The van der Waals surface area contributed by atoms with Crippen LogP contribution in [0.2, 0.25) is 0 Å². The second-order valence-electron chi connectivity index (χ2n) is 9.49. The summed E-state index contributed by atoms with van der Waals surface area (Å²) in [5, 5.41) is 9.50. The number of likely N-dealkylation sites (tertiary alicyclic amines) is 1. The maximum atomic E-state index is 11.8. The molecule has 2 aromatic rings. The quantitative estimate of drug-likeness (QED) is 0.407. The van der Waals surface area contributed by atoms with Crippen LogP contribution in [0.25, 0.3) is 11.1 Å². The predicted octanol–water partition coefficient (Wildman–Crippen LogP) is 3.85. The van der Waals surface area contributed by atoms with E-state index in [1.54, 1.807) is 18.5 Å². The summed E-state index contributed by atoms with van der Waals surface area (Å²) >= 11 is 0. The number of rotatable bonds is 9. The van der Waals surface area contributed by atoms with Crippen molar-refractivity contribution in [3.05, 3.63) is 53.1 Å². The van der Waals surface area contributed by atoms with Crippen LogP contribution in [0.3, 0.4) is 0 Å². The summed E-state index contributed by atoms with van der Waals surface area (Å²) in [7, 11) is 1.83. The number of aromatic amines is 1. The molecule has 0 spiro atoms. The van der Waals surface area contributed by atoms with Gasteiger partial charge in [-0.15, -0.1) is 0 Å². The first kappa shape index (κ1) is 26.5. The molecule has 0 bridgehead atoms. The zero-order chi connectivity index (χ0) is 25.0. The van der Waals surface area contributed by atoms with E-state index in [1.807, 2.05) is 36.2 Å². The predicted molar refractivity (Wildman–Crippen MR) is 144 cm³/mol. The van der Waals surface area contributed by atoms with Gasteiger partial charge < -0.3 is 25.8 Å². The Hall–Kier alpha value is -3.13. The molecule has 1 aliphatic carbocycles. The number of nitrogens with one attached hydrogen (secondary N) is 4. The molecule has 1 saturated heterocycles. The third kappa shape index (κ3) is 9.20. The first-order valence-corrected chi connectivity index (χ1v) is 12.8. The van der Waals surface area contributed by atoms with Crippen molar-refractivity contribution in [2.24, 2.45) is 5.92 Å². The van der Waals surface area contributed by atoms with E-state index in [-0.39, 0.29) is 11.5 Å². The highest BCUT2D eigenvalue weighted by Gasteiger charge is 2.21. The second-order valence-corrected chi connectivity index (χ2v) is 9.49. The summed E-state index contributed by atoms with van der Waals surface area (Å²) in [5.41, 5.74) is 2.56. The molecule has 0 atom stereocenters. The number of pyridine rings is 2. The highest BCUT2D eigenvalue weighted by molar-refractivity contribution is 5.87. The molecule has 8 nitrogen and oxygen atoms in total. The largest absolute Gasteiger partial charge is 0.380 e. The number of amides is 1. The number of piperidine rings is 1. The number of carbonyl (C=O) groups is 1. The van der Waals surface area contributed by atoms with E-state index in [2.05, 4.69) is 39.8 Å². The van der Waals surface area contributed by atoms with E-state index in [0.29, 0.717) is 11.7 Å². The molecular formula is C27H40N6O2. The van der Waals surface area contributed by atoms with Crippen molar-refractivity contribution >= 4 is 17.4 Å². The van der Waals surface area contributed by atoms with Crippen molar-refractivity contribution in [1.82, 2.24) is 20.2 Å². The molecule has 0 aromatic carbocycles. The van der Waals surface area contributed by atoms with E-state index in [0.717, 1.165) is 61.9 Å². The van der Waals surface area contributed by atoms with E-state index >= 15 is 0 Å². The highest BCUT2D eigenvalue weighted by atomic mass is 16.2. The Balaban J connectivity index is 0.000000205. The maximum absolute atomic E-state index is 11.8. The van der Waals surface area contributed by atoms with Crippen LogP contribution in [0, 0.1) is 5.92 Å². The molecule has 8 heteroatoms. The van der Waals surface area contributed by atoms with Crippen molar-refractivity contribution in [3.63, 3.8) is 0 Å². The lowest BCUT2D eigenvalue weighted by atomic mass is 10.1. The van der Waals surface area contributed by atoms with Gasteiger partial charge in [0.25, 0.3) is 5.56 Å². The van der Waals surface area contributed by atoms with Crippen LogP contribution in [-0.2, 0) is 4.79 Å². The fraction of sp³-hybridized carbons (Fsp3) is 0.519. The van der Waals surface area contributed by atoms with Gasteiger partial charge in [0.05, 0.1) is 0 Å². The Morgan fingerprint density at radius 2 is 1.97 bits per heavy atom. The first-order chi connectivity index (χ1) is 17.0. The summed E-state index contributed by atoms with van der Waals surface area (Å²) < 4.78 is 0. The van der Waals surface area contributed by atoms with Crippen LogP contribution >= 0.6 is 0 Å². The fourth-order valence-electron chi connectivity index (χ4n) is 3.79. The third-order valence-corrected chi connectivity index (χ3v) is 6.10. The van der Waals surface area contributed by atoms with Gasteiger partial charge in [0.15, 0.2) is 0 Å². The average Bonchev–Trinajstić information content (AvgIpc) is 3.71. The molecule has 4 N–H and O–H groups in total. The van der Waals surface area contributed by atoms with Gasteiger partial charge in [-0.1, -0.05) is 19.9 Å². The molecule has 1 aliphatic heterocycles. The number of anilines is 2. The van der Waals surface area contributed by atoms with E-state index in [9.17, 15) is 9.59 Å². The van der Waals surface area contributed by atoms with Crippen molar-refractivity contribution < 1.29 is 4.79 Å². The van der Waals surface area contributed by atoms with Crippen LogP contribution in [-0.4, -0.2) is 60.0 Å². The number of hydrogen-bond donors (Lipinski definition) is 4. The molecule has 0 radical (unpaired) electrons. The van der Waals surface area contributed by atoms with Crippen LogP contribution in [0.4, 0.5) is 11.5 Å². The molecule has 4 rings (SSSR count). The number of aromatic nitrogens is 2. The lowest BCUT2D eigenvalue weighted by molar-refractivity contribution is -0.126. The van der Waals surface area contributed by atoms with Gasteiger partial charge >= 0.3 is 0 Å². The summed E-state index contributed by atoms with van der Waals surface area (Å²) in [6.07, 6.45) is 13.2. The monoisotopic (exact) mass is 480 g/mol. The molecule has 190 valence electrons. The fourth-order valence-corrected chi connectivity index (χ4v) is 3.79. The molecule has 1 saturated carbocycles. The van der Waals surface area contributed by atoms with E-state index < -0.39 is 0 Å². The molecule has 3 heterocycles. The Labute approximate surface area is 208 Å². The van der Waals surface area contributed by atoms with E-state index in [1.165, 1.54) is 19.3 Å². The normalized spacial score (nSPS) is 15.6. The smallest absolute Gasteiger partial charge is 0.271 e. The SMILES string of the molecule is CC(C)NC/C=C/C(=O)N1CCCCC1.CNc1cc(-c2c[nH]c(=O)c(NCC3CC3)c2)ccn1. The maximum Gasteiger partial charge on any atom is 0.271 e. The minimum Gasteiger partial charge on any atom is -0.380 e. The van der Waals surface area contributed by atoms with Crippen LogP contribution < -0.4 is 21.5 Å². The van der Waals surface area contributed by atoms with Crippen molar-refractivity contribution in [1.29, 1.82) is 0 Å². The summed E-state index contributed by atoms with van der Waals surface area (Å²) in [6, 6.07) is 6.26. The van der Waals surface area contributed by atoms with Crippen LogP contribution in [0.1, 0.15) is 46.0 Å². The lowest BCUT2D eigenvalue weighted by Crippen LogP contribution is -2.34. The Kier molecular flexibility index (Phi) is 10.3. The highest BCUT2D eigenvalue weighted by Crippen LogP contribution is 2.29. The summed E-state index contributed by atoms with van der Waals surface area (Å²) in [4.78, 5) is 32.4. The molecule has 2 aromatic heterocycles. The molecule has 2 fully saturated rings. The Morgan fingerprint density at radius 3 is 2.66 bits per heavy atom. The average molecular weight is 481 g/mol. The summed E-state index contributed by atoms with van der Waals surface area (Å²) in [6.45, 7) is 7.71. The topological polar surface area (TPSA) is 102 Å². The molecule has 2 aliphatic rings. The van der Waals surface area contributed by atoms with Gasteiger partial charge in [-0.2, -0.15) is 0 Å². The number of hydrogen-bond acceptors (Lipinski definition) is 6. The first-order valence-electron chi connectivity index (χ1n) is 12.8. The van der Waals surface area contributed by atoms with Gasteiger partial charge in [0.2, 0.25) is 5.91 Å². The summed E-state index contributed by atoms with van der Waals surface area (Å²) in [5.74, 6) is 1.70. The number of nitrogens with zero attached hydrogens (tertiary/aromatic N) is 2. The van der Waals surface area contributed by atoms with Crippen molar-refractivity contribution in [2.75, 3.05) is 43.9 Å². The standard InChI is InChI=1S/C15H18N4O.C12H22N2O/c1-16-14-7-11(4-5-17-14)12-6-13(15(20)19-9-12)18-8-10-2-3-10;1-11(2)13-8-6-7-12(15)14-9-4-3-5-10-14/h4-7,9-10,18H,2-3,8H2,1H3,(H,16,17)(H,19,20);6-7,11,13H,3-5,8-10H2,1-2H3/b;7-6+. The minimum absolute atomic E-state index is 0.0719. The zero-order valence-electron chi connectivity index (χ0n) is 21.3. The Bertz CT molecular complexity index is 1020. The minimum atomic E-state index is -0.0719. The Morgan fingerprint density at radius 1 is 1.20 bits per heavy atom. The number of carbonyl (C=O) groups excluding carboxylic acids is 1. The molecule has 0 unspecified atom stereocenters. The van der Waals surface area contributed by atoms with Crippen LogP contribution in [0.5, 0.6) is 0 Å². The van der Waals surface area contributed by atoms with Gasteiger partial charge in [0.1, 0.15) is 11.5 Å². The second kappa shape index (κ2) is 13.7. The molecule has 1 amide bonds. The van der Waals surface area contributed by atoms with Gasteiger partial charge in [-0.3, -0.25) is 9.59 Å². The van der Waals surface area contributed by atoms with Crippen LogP contribution in [0.15, 0.2) is 47.5 Å². The van der Waals surface area contributed by atoms with Crippen molar-refractivity contribution in [2.45, 2.75) is 52.0 Å². The lowest BCUT2D eigenvalue weighted by Gasteiger charge is -2.25. The third-order valence-electron chi connectivity index (χ3n) is 6.10.